The lowest BCUT2D eigenvalue weighted by atomic mass is 10.1. The second-order valence-corrected chi connectivity index (χ2v) is 6.68. The van der Waals surface area contributed by atoms with E-state index < -0.39 is 6.10 Å². The molecule has 0 heterocycles. The zero-order valence-electron chi connectivity index (χ0n) is 7.96. The van der Waals surface area contributed by atoms with Crippen LogP contribution >= 0.6 is 43.5 Å². The smallest absolute Gasteiger partial charge is 0.111 e. The number of rotatable bonds is 6. The van der Waals surface area contributed by atoms with Gasteiger partial charge in [-0.05, 0) is 12.8 Å². The predicted molar refractivity (Wildman–Crippen MR) is 67.1 cm³/mol. The Kier molecular flexibility index (Phi) is 8.63. The van der Waals surface area contributed by atoms with Crippen LogP contribution in [0, 0.1) is 0 Å². The maximum atomic E-state index is 9.46. The Morgan fingerprint density at radius 3 is 2.43 bits per heavy atom. The van der Waals surface area contributed by atoms with Gasteiger partial charge in [-0.2, -0.15) is 0 Å². The summed E-state index contributed by atoms with van der Waals surface area (Å²) in [5.41, 5.74) is 0. The van der Waals surface area contributed by atoms with Crippen LogP contribution in [-0.4, -0.2) is 26.2 Å². The first-order valence-electron chi connectivity index (χ1n) is 4.48. The monoisotopic (exact) mass is 348 g/mol. The molecular weight excluding hydrogens is 335 g/mol. The highest BCUT2D eigenvalue weighted by atomic mass is 79.9. The van der Waals surface area contributed by atoms with Gasteiger partial charge in [0.05, 0.1) is 6.10 Å². The van der Waals surface area contributed by atoms with E-state index in [1.54, 1.807) is 6.08 Å². The lowest BCUT2D eigenvalue weighted by Crippen LogP contribution is -2.15. The molecule has 0 fully saturated rings. The molecule has 2 unspecified atom stereocenters. The van der Waals surface area contributed by atoms with Gasteiger partial charge >= 0.3 is 0 Å². The highest BCUT2D eigenvalue weighted by Gasteiger charge is 2.15. The van der Waals surface area contributed by atoms with Crippen molar-refractivity contribution in [2.75, 3.05) is 0 Å². The largest absolute Gasteiger partial charge is 0.393 e. The second-order valence-electron chi connectivity index (χ2n) is 3.05. The summed E-state index contributed by atoms with van der Waals surface area (Å²) in [6.07, 6.45) is 2.69. The second kappa shape index (κ2) is 8.11. The van der Waals surface area contributed by atoms with Gasteiger partial charge in [-0.3, -0.25) is 0 Å². The summed E-state index contributed by atoms with van der Waals surface area (Å²) in [5.74, 6) is 0. The zero-order valence-corrected chi connectivity index (χ0v) is 11.9. The molecule has 0 spiro atoms. The molecule has 0 aromatic carbocycles. The molecule has 0 radical (unpaired) electrons. The quantitative estimate of drug-likeness (QED) is 0.723. The van der Waals surface area contributed by atoms with Gasteiger partial charge in [-0.25, -0.2) is 0 Å². The highest BCUT2D eigenvalue weighted by molar-refractivity contribution is 9.24. The number of alkyl halides is 2. The zero-order chi connectivity index (χ0) is 11.1. The fraction of sp³-hybridized carbons (Fsp3) is 0.778. The Morgan fingerprint density at radius 2 is 2.00 bits per heavy atom. The molecule has 0 rings (SSSR count). The summed E-state index contributed by atoms with van der Waals surface area (Å²) in [4.78, 5) is 0. The minimum Gasteiger partial charge on any atom is -0.393 e. The van der Waals surface area contributed by atoms with Gasteiger partial charge in [0.25, 0.3) is 0 Å². The normalized spacial score (nSPS) is 17.2. The Balaban J connectivity index is 3.98. The maximum Gasteiger partial charge on any atom is 0.111 e. The third-order valence-corrected chi connectivity index (χ3v) is 3.11. The number of hydrogen-bond acceptors (Lipinski definition) is 2. The fourth-order valence-corrected chi connectivity index (χ4v) is 2.03. The molecule has 0 aromatic rings. The molecule has 2 nitrogen and oxygen atoms in total. The fourth-order valence-electron chi connectivity index (χ4n) is 0.941. The number of aliphatic hydroxyl groups is 2. The summed E-state index contributed by atoms with van der Waals surface area (Å²) in [7, 11) is 0. The molecule has 5 heteroatoms. The topological polar surface area (TPSA) is 40.5 Å². The van der Waals surface area contributed by atoms with E-state index in [-0.39, 0.29) is 9.84 Å². The molecular formula is C9H15Br2ClO2. The van der Waals surface area contributed by atoms with E-state index >= 15 is 0 Å². The lowest BCUT2D eigenvalue weighted by Gasteiger charge is -2.11. The standard InChI is InChI=1S/C9H15Br2ClO2/c1-2-3-6(13)4-5-7(12)8(14)9(10)11/h5-6,8-9,13-14H,2-4H2,1H3. The van der Waals surface area contributed by atoms with Crippen LogP contribution in [0.3, 0.4) is 0 Å². The molecule has 0 aliphatic carbocycles. The summed E-state index contributed by atoms with van der Waals surface area (Å²) in [6.45, 7) is 2.01. The molecule has 0 amide bonds. The van der Waals surface area contributed by atoms with Crippen molar-refractivity contribution < 1.29 is 10.2 Å². The molecule has 0 saturated heterocycles. The first-order valence-corrected chi connectivity index (χ1v) is 6.69. The lowest BCUT2D eigenvalue weighted by molar-refractivity contribution is 0.166. The molecule has 0 aromatic heterocycles. The molecule has 84 valence electrons. The van der Waals surface area contributed by atoms with Crippen molar-refractivity contribution in [3.05, 3.63) is 11.1 Å². The van der Waals surface area contributed by atoms with Crippen molar-refractivity contribution in [3.63, 3.8) is 0 Å². The van der Waals surface area contributed by atoms with Crippen LogP contribution in [0.1, 0.15) is 26.2 Å². The van der Waals surface area contributed by atoms with Gasteiger partial charge < -0.3 is 10.2 Å². The van der Waals surface area contributed by atoms with Crippen LogP contribution in [0.25, 0.3) is 0 Å². The van der Waals surface area contributed by atoms with Gasteiger partial charge in [-0.1, -0.05) is 62.9 Å². The molecule has 2 N–H and O–H groups in total. The number of hydrogen-bond donors (Lipinski definition) is 2. The van der Waals surface area contributed by atoms with Crippen molar-refractivity contribution in [2.45, 2.75) is 42.1 Å². The Hall–Kier alpha value is 0.910. The summed E-state index contributed by atoms with van der Waals surface area (Å²) >= 11 is 12.1. The van der Waals surface area contributed by atoms with Crippen LogP contribution in [0.5, 0.6) is 0 Å². The molecule has 0 saturated carbocycles. The van der Waals surface area contributed by atoms with Gasteiger partial charge in [0.1, 0.15) is 9.84 Å². The maximum absolute atomic E-state index is 9.46. The van der Waals surface area contributed by atoms with Crippen molar-refractivity contribution in [1.82, 2.24) is 0 Å². The van der Waals surface area contributed by atoms with Crippen LogP contribution < -0.4 is 0 Å². The summed E-state index contributed by atoms with van der Waals surface area (Å²) in [5, 5.41) is 19.2. The van der Waals surface area contributed by atoms with Gasteiger partial charge in [0.15, 0.2) is 0 Å². The van der Waals surface area contributed by atoms with E-state index in [0.29, 0.717) is 11.5 Å². The first kappa shape index (κ1) is 14.9. The van der Waals surface area contributed by atoms with Crippen LogP contribution in [0.2, 0.25) is 0 Å². The highest BCUT2D eigenvalue weighted by Crippen LogP contribution is 2.22. The summed E-state index contributed by atoms with van der Waals surface area (Å²) < 4.78 is -0.262. The van der Waals surface area contributed by atoms with Gasteiger partial charge in [0.2, 0.25) is 0 Å². The Morgan fingerprint density at radius 1 is 1.43 bits per heavy atom. The van der Waals surface area contributed by atoms with Crippen LogP contribution in [-0.2, 0) is 0 Å². The number of aliphatic hydroxyl groups excluding tert-OH is 2. The van der Waals surface area contributed by atoms with Crippen molar-refractivity contribution >= 4 is 43.5 Å². The van der Waals surface area contributed by atoms with Crippen molar-refractivity contribution in [1.29, 1.82) is 0 Å². The van der Waals surface area contributed by atoms with Crippen LogP contribution in [0.4, 0.5) is 0 Å². The third kappa shape index (κ3) is 6.40. The van der Waals surface area contributed by atoms with E-state index in [4.69, 9.17) is 11.6 Å². The SMILES string of the molecule is CCCC(O)CC=C(Cl)C(O)C(Br)Br. The van der Waals surface area contributed by atoms with E-state index in [1.807, 2.05) is 6.92 Å². The average Bonchev–Trinajstić information content (AvgIpc) is 2.13. The Bertz CT molecular complexity index is 186. The summed E-state index contributed by atoms with van der Waals surface area (Å²) in [6, 6.07) is 0. The van der Waals surface area contributed by atoms with E-state index in [2.05, 4.69) is 31.9 Å². The average molecular weight is 350 g/mol. The molecule has 14 heavy (non-hydrogen) atoms. The van der Waals surface area contributed by atoms with Crippen LogP contribution in [0.15, 0.2) is 11.1 Å². The van der Waals surface area contributed by atoms with E-state index in [1.165, 1.54) is 0 Å². The third-order valence-electron chi connectivity index (χ3n) is 1.73. The Labute approximate surface area is 107 Å². The molecule has 2 atom stereocenters. The van der Waals surface area contributed by atoms with E-state index in [0.717, 1.165) is 12.8 Å². The van der Waals surface area contributed by atoms with E-state index in [9.17, 15) is 10.2 Å². The van der Waals surface area contributed by atoms with Gasteiger partial charge in [-0.15, -0.1) is 0 Å². The molecule has 0 aliphatic heterocycles. The van der Waals surface area contributed by atoms with Crippen molar-refractivity contribution in [2.24, 2.45) is 0 Å². The molecule has 0 bridgehead atoms. The minimum absolute atomic E-state index is 0.262. The van der Waals surface area contributed by atoms with Gasteiger partial charge in [0, 0.05) is 5.03 Å². The first-order chi connectivity index (χ1) is 6.49. The minimum atomic E-state index is -0.773. The predicted octanol–water partition coefficient (Wildman–Crippen LogP) is 3.14. The van der Waals surface area contributed by atoms with Crippen molar-refractivity contribution in [3.8, 4) is 0 Å². The number of halogens is 3. The molecule has 0 aliphatic rings.